The molecule has 0 aromatic carbocycles. The summed E-state index contributed by atoms with van der Waals surface area (Å²) in [6, 6.07) is 3.87. The van der Waals surface area contributed by atoms with Crippen LogP contribution in [0.25, 0.3) is 0 Å². The van der Waals surface area contributed by atoms with E-state index in [0.29, 0.717) is 19.7 Å². The molecule has 1 aromatic heterocycles. The number of morpholine rings is 1. The molecule has 1 unspecified atom stereocenters. The van der Waals surface area contributed by atoms with Gasteiger partial charge in [0.1, 0.15) is 17.6 Å². The molecule has 1 atom stereocenters. The minimum Gasteiger partial charge on any atom is -0.382 e. The summed E-state index contributed by atoms with van der Waals surface area (Å²) in [4.78, 5) is 5.33. The number of pyridine rings is 1. The Balaban J connectivity index is 2.40. The van der Waals surface area contributed by atoms with Crippen LogP contribution in [0.5, 0.6) is 0 Å². The highest BCUT2D eigenvalue weighted by atomic mass is 19.4. The minimum atomic E-state index is -4.56. The van der Waals surface area contributed by atoms with E-state index in [1.54, 1.807) is 4.90 Å². The summed E-state index contributed by atoms with van der Waals surface area (Å²) >= 11 is 0. The van der Waals surface area contributed by atoms with Gasteiger partial charge in [-0.25, -0.2) is 4.98 Å². The highest BCUT2D eigenvalue weighted by Crippen LogP contribution is 2.32. The Morgan fingerprint density at radius 3 is 2.74 bits per heavy atom. The molecule has 2 rings (SSSR count). The van der Waals surface area contributed by atoms with Gasteiger partial charge in [-0.2, -0.15) is 18.4 Å². The van der Waals surface area contributed by atoms with Crippen molar-refractivity contribution in [2.24, 2.45) is 0 Å². The number of anilines is 1. The fourth-order valence-electron chi connectivity index (χ4n) is 2.66. The summed E-state index contributed by atoms with van der Waals surface area (Å²) in [5, 5.41) is 9.19. The molecule has 2 heterocycles. The van der Waals surface area contributed by atoms with Crippen molar-refractivity contribution in [3.05, 3.63) is 23.4 Å². The molecule has 0 amide bonds. The van der Waals surface area contributed by atoms with Crippen LogP contribution in [0.1, 0.15) is 25.1 Å². The molecule has 8 heteroatoms. The monoisotopic (exact) mass is 329 g/mol. The van der Waals surface area contributed by atoms with Crippen molar-refractivity contribution < 1.29 is 22.6 Å². The predicted molar refractivity (Wildman–Crippen MR) is 77.0 cm³/mol. The predicted octanol–water partition coefficient (Wildman–Crippen LogP) is 2.60. The van der Waals surface area contributed by atoms with Gasteiger partial charge in [-0.05, 0) is 26.0 Å². The number of nitrogens with zero attached hydrogens (tertiary/aromatic N) is 3. The van der Waals surface area contributed by atoms with E-state index in [2.05, 4.69) is 4.98 Å². The number of ether oxygens (including phenoxy) is 2. The van der Waals surface area contributed by atoms with Crippen LogP contribution in [-0.4, -0.2) is 43.5 Å². The number of nitriles is 1. The highest BCUT2D eigenvalue weighted by molar-refractivity contribution is 5.55. The number of aromatic nitrogens is 1. The van der Waals surface area contributed by atoms with Gasteiger partial charge in [0, 0.05) is 20.2 Å². The fraction of sp³-hybridized carbons (Fsp3) is 0.600. The molecule has 0 bridgehead atoms. The van der Waals surface area contributed by atoms with Crippen molar-refractivity contribution in [2.75, 3.05) is 31.7 Å². The van der Waals surface area contributed by atoms with Crippen molar-refractivity contribution in [1.29, 1.82) is 5.26 Å². The number of halogens is 3. The van der Waals surface area contributed by atoms with E-state index in [1.165, 1.54) is 7.11 Å². The van der Waals surface area contributed by atoms with Crippen LogP contribution in [0, 0.1) is 11.3 Å². The summed E-state index contributed by atoms with van der Waals surface area (Å²) in [5.74, 6) is 0.0276. The van der Waals surface area contributed by atoms with Gasteiger partial charge in [-0.15, -0.1) is 0 Å². The number of hydrogen-bond acceptors (Lipinski definition) is 5. The molecular weight excluding hydrogens is 311 g/mol. The van der Waals surface area contributed by atoms with E-state index in [1.807, 2.05) is 19.9 Å². The van der Waals surface area contributed by atoms with Crippen LogP contribution in [0.4, 0.5) is 19.0 Å². The van der Waals surface area contributed by atoms with E-state index in [4.69, 9.17) is 9.47 Å². The molecule has 1 aliphatic heterocycles. The average Bonchev–Trinajstić information content (AvgIpc) is 2.44. The maximum absolute atomic E-state index is 12.9. The third-order valence-electron chi connectivity index (χ3n) is 3.42. The summed E-state index contributed by atoms with van der Waals surface area (Å²) in [6.45, 7) is 4.61. The Morgan fingerprint density at radius 2 is 2.17 bits per heavy atom. The van der Waals surface area contributed by atoms with Crippen LogP contribution in [0.3, 0.4) is 0 Å². The highest BCUT2D eigenvalue weighted by Gasteiger charge is 2.37. The van der Waals surface area contributed by atoms with Gasteiger partial charge in [0.2, 0.25) is 0 Å². The Kier molecular flexibility index (Phi) is 4.82. The fourth-order valence-corrected chi connectivity index (χ4v) is 2.66. The van der Waals surface area contributed by atoms with E-state index in [9.17, 15) is 18.4 Å². The van der Waals surface area contributed by atoms with Gasteiger partial charge >= 0.3 is 6.18 Å². The van der Waals surface area contributed by atoms with Crippen LogP contribution >= 0.6 is 0 Å². The van der Waals surface area contributed by atoms with E-state index >= 15 is 0 Å². The number of hydrogen-bond donors (Lipinski definition) is 0. The first-order valence-electron chi connectivity index (χ1n) is 7.06. The van der Waals surface area contributed by atoms with Gasteiger partial charge in [-0.1, -0.05) is 0 Å². The summed E-state index contributed by atoms with van der Waals surface area (Å²) in [6.07, 6.45) is -4.87. The molecule has 1 aromatic rings. The second-order valence-corrected chi connectivity index (χ2v) is 6.01. The molecular formula is C15H18F3N3O2. The molecule has 0 spiro atoms. The van der Waals surface area contributed by atoms with Gasteiger partial charge in [0.15, 0.2) is 0 Å². The van der Waals surface area contributed by atoms with Crippen molar-refractivity contribution in [2.45, 2.75) is 31.7 Å². The van der Waals surface area contributed by atoms with Crippen LogP contribution in [0.2, 0.25) is 0 Å². The van der Waals surface area contributed by atoms with Crippen molar-refractivity contribution in [3.8, 4) is 6.07 Å². The molecule has 0 N–H and O–H groups in total. The Morgan fingerprint density at radius 1 is 1.48 bits per heavy atom. The topological polar surface area (TPSA) is 58.4 Å². The number of alkyl halides is 3. The van der Waals surface area contributed by atoms with E-state index < -0.39 is 17.5 Å². The molecule has 0 aliphatic carbocycles. The third-order valence-corrected chi connectivity index (χ3v) is 3.42. The van der Waals surface area contributed by atoms with E-state index in [0.717, 1.165) is 12.1 Å². The Labute approximate surface area is 132 Å². The molecule has 0 saturated carbocycles. The van der Waals surface area contributed by atoms with Gasteiger partial charge in [0.25, 0.3) is 0 Å². The summed E-state index contributed by atoms with van der Waals surface area (Å²) in [5.41, 5.74) is -1.50. The molecule has 126 valence electrons. The number of methoxy groups -OCH3 is 1. The summed E-state index contributed by atoms with van der Waals surface area (Å²) < 4.78 is 49.6. The molecule has 5 nitrogen and oxygen atoms in total. The van der Waals surface area contributed by atoms with E-state index in [-0.39, 0.29) is 17.5 Å². The minimum absolute atomic E-state index is 0.0276. The van der Waals surface area contributed by atoms with Crippen molar-refractivity contribution >= 4 is 5.82 Å². The average molecular weight is 329 g/mol. The zero-order valence-electron chi connectivity index (χ0n) is 13.1. The molecule has 1 saturated heterocycles. The quantitative estimate of drug-likeness (QED) is 0.853. The second kappa shape index (κ2) is 6.34. The second-order valence-electron chi connectivity index (χ2n) is 6.01. The smallest absolute Gasteiger partial charge is 0.382 e. The van der Waals surface area contributed by atoms with Crippen LogP contribution in [0.15, 0.2) is 12.1 Å². The molecule has 0 radical (unpaired) electrons. The van der Waals surface area contributed by atoms with Crippen LogP contribution in [-0.2, 0) is 15.7 Å². The lowest BCUT2D eigenvalue weighted by Gasteiger charge is -2.43. The molecule has 1 aliphatic rings. The maximum Gasteiger partial charge on any atom is 0.433 e. The van der Waals surface area contributed by atoms with Crippen LogP contribution < -0.4 is 4.90 Å². The van der Waals surface area contributed by atoms with Crippen molar-refractivity contribution in [1.82, 2.24) is 4.98 Å². The van der Waals surface area contributed by atoms with Gasteiger partial charge < -0.3 is 14.4 Å². The third kappa shape index (κ3) is 4.12. The van der Waals surface area contributed by atoms with Gasteiger partial charge in [0.05, 0.1) is 23.9 Å². The lowest BCUT2D eigenvalue weighted by Crippen LogP contribution is -2.54. The molecule has 23 heavy (non-hydrogen) atoms. The van der Waals surface area contributed by atoms with Gasteiger partial charge in [-0.3, -0.25) is 0 Å². The lowest BCUT2D eigenvalue weighted by molar-refractivity contribution is -0.141. The van der Waals surface area contributed by atoms with Crippen molar-refractivity contribution in [3.63, 3.8) is 0 Å². The zero-order chi connectivity index (χ0) is 17.3. The zero-order valence-corrected chi connectivity index (χ0v) is 13.1. The maximum atomic E-state index is 12.9. The first-order valence-corrected chi connectivity index (χ1v) is 7.06. The molecule has 1 fully saturated rings. The SMILES string of the molecule is COCC1CN(c2nc(C(F)(F)F)ccc2C#N)CC(C)(C)O1. The summed E-state index contributed by atoms with van der Waals surface area (Å²) in [7, 11) is 1.53. The normalized spacial score (nSPS) is 21.1. The first-order chi connectivity index (χ1) is 10.7. The first kappa shape index (κ1) is 17.5. The largest absolute Gasteiger partial charge is 0.433 e. The Hall–Kier alpha value is -1.85. The Bertz CT molecular complexity index is 611. The lowest BCUT2D eigenvalue weighted by atomic mass is 10.0. The number of rotatable bonds is 3. The standard InChI is InChI=1S/C15H18F3N3O2/c1-14(2)9-21(7-11(23-14)8-22-3)13-10(6-19)4-5-12(20-13)15(16,17)18/h4-5,11H,7-9H2,1-3H3.